The minimum absolute atomic E-state index is 0.200. The molecule has 0 spiro atoms. The van der Waals surface area contributed by atoms with E-state index in [1.807, 2.05) is 0 Å². The summed E-state index contributed by atoms with van der Waals surface area (Å²) in [4.78, 5) is 15.6. The second-order valence-electron chi connectivity index (χ2n) is 4.98. The number of carbonyl (C=O) groups excluding carboxylic acids is 1. The summed E-state index contributed by atoms with van der Waals surface area (Å²) in [6.07, 6.45) is 7.53. The van der Waals surface area contributed by atoms with Gasteiger partial charge in [0.05, 0.1) is 6.10 Å². The van der Waals surface area contributed by atoms with Gasteiger partial charge in [-0.2, -0.15) is 0 Å². The molecule has 0 aromatic carbocycles. The van der Waals surface area contributed by atoms with Gasteiger partial charge in [0, 0.05) is 13.2 Å². The molecular formula is C13H22N4O2. The quantitative estimate of drug-likeness (QED) is 0.766. The van der Waals surface area contributed by atoms with Crippen molar-refractivity contribution in [3.8, 4) is 0 Å². The summed E-state index contributed by atoms with van der Waals surface area (Å²) in [5, 5.41) is 9.24. The molecule has 1 aromatic rings. The summed E-state index contributed by atoms with van der Waals surface area (Å²) in [6, 6.07) is 0. The van der Waals surface area contributed by atoms with E-state index in [9.17, 15) is 4.79 Å². The number of aromatic nitrogens is 3. The zero-order valence-electron chi connectivity index (χ0n) is 11.4. The van der Waals surface area contributed by atoms with E-state index in [2.05, 4.69) is 20.5 Å². The van der Waals surface area contributed by atoms with Gasteiger partial charge in [0.25, 0.3) is 5.91 Å². The molecule has 0 radical (unpaired) electrons. The van der Waals surface area contributed by atoms with Crippen molar-refractivity contribution in [1.82, 2.24) is 20.5 Å². The molecule has 1 aliphatic carbocycles. The number of aromatic amines is 1. The van der Waals surface area contributed by atoms with Crippen LogP contribution in [0.2, 0.25) is 0 Å². The Kier molecular flexibility index (Phi) is 5.32. The van der Waals surface area contributed by atoms with Gasteiger partial charge in [0.1, 0.15) is 5.82 Å². The number of nitrogens with zero attached hydrogens (tertiary/aromatic N) is 2. The third-order valence-corrected chi connectivity index (χ3v) is 3.31. The molecule has 6 nitrogen and oxygen atoms in total. The van der Waals surface area contributed by atoms with Crippen molar-refractivity contribution in [2.24, 2.45) is 0 Å². The largest absolute Gasteiger partial charge is 0.378 e. The van der Waals surface area contributed by atoms with Crippen LogP contribution < -0.4 is 5.32 Å². The fourth-order valence-electron chi connectivity index (χ4n) is 2.28. The van der Waals surface area contributed by atoms with Crippen molar-refractivity contribution in [2.45, 2.75) is 51.6 Å². The van der Waals surface area contributed by atoms with Crippen molar-refractivity contribution < 1.29 is 9.53 Å². The molecule has 0 saturated heterocycles. The van der Waals surface area contributed by atoms with Gasteiger partial charge in [0.2, 0.25) is 5.82 Å². The van der Waals surface area contributed by atoms with Crippen LogP contribution in [0.1, 0.15) is 55.0 Å². The first-order valence-electron chi connectivity index (χ1n) is 7.04. The van der Waals surface area contributed by atoms with Crippen LogP contribution in [0.5, 0.6) is 0 Å². The molecule has 2 rings (SSSR count). The van der Waals surface area contributed by atoms with Gasteiger partial charge in [-0.1, -0.05) is 19.3 Å². The normalized spacial score (nSPS) is 16.5. The van der Waals surface area contributed by atoms with E-state index in [0.717, 1.165) is 6.42 Å². The highest BCUT2D eigenvalue weighted by molar-refractivity contribution is 5.90. The first-order valence-corrected chi connectivity index (χ1v) is 7.04. The van der Waals surface area contributed by atoms with Gasteiger partial charge >= 0.3 is 0 Å². The topological polar surface area (TPSA) is 79.9 Å². The molecule has 0 bridgehead atoms. The predicted octanol–water partition coefficient (Wildman–Crippen LogP) is 1.58. The first-order chi connectivity index (χ1) is 9.25. The van der Waals surface area contributed by atoms with Crippen LogP contribution in [-0.4, -0.2) is 40.3 Å². The molecule has 1 amide bonds. The molecule has 1 aromatic heterocycles. The summed E-state index contributed by atoms with van der Waals surface area (Å²) < 4.78 is 5.79. The predicted molar refractivity (Wildman–Crippen MR) is 70.9 cm³/mol. The lowest BCUT2D eigenvalue weighted by atomic mass is 9.98. The number of carbonyl (C=O) groups is 1. The highest BCUT2D eigenvalue weighted by Gasteiger charge is 2.13. The Bertz CT molecular complexity index is 399. The number of amides is 1. The van der Waals surface area contributed by atoms with Crippen molar-refractivity contribution in [1.29, 1.82) is 0 Å². The minimum Gasteiger partial charge on any atom is -0.378 e. The van der Waals surface area contributed by atoms with Crippen LogP contribution in [0.25, 0.3) is 0 Å². The summed E-state index contributed by atoms with van der Waals surface area (Å²) in [5.41, 5.74) is 0. The van der Waals surface area contributed by atoms with E-state index in [4.69, 9.17) is 4.74 Å². The summed E-state index contributed by atoms with van der Waals surface area (Å²) in [6.45, 7) is 3.07. The maximum Gasteiger partial charge on any atom is 0.290 e. The van der Waals surface area contributed by atoms with Crippen LogP contribution >= 0.6 is 0 Å². The Labute approximate surface area is 113 Å². The number of hydrogen-bond donors (Lipinski definition) is 2. The van der Waals surface area contributed by atoms with Crippen molar-refractivity contribution in [3.05, 3.63) is 11.6 Å². The zero-order chi connectivity index (χ0) is 13.5. The molecule has 6 heteroatoms. The van der Waals surface area contributed by atoms with E-state index in [1.54, 1.807) is 6.92 Å². The second kappa shape index (κ2) is 7.23. The van der Waals surface area contributed by atoms with Gasteiger partial charge in [-0.05, 0) is 26.2 Å². The smallest absolute Gasteiger partial charge is 0.290 e. The molecule has 2 N–H and O–H groups in total. The van der Waals surface area contributed by atoms with Crippen molar-refractivity contribution in [2.75, 3.05) is 13.2 Å². The molecule has 0 atom stereocenters. The second-order valence-corrected chi connectivity index (χ2v) is 4.98. The Balaban J connectivity index is 1.55. The number of hydrogen-bond acceptors (Lipinski definition) is 4. The van der Waals surface area contributed by atoms with Crippen LogP contribution in [0.4, 0.5) is 0 Å². The van der Waals surface area contributed by atoms with Crippen LogP contribution in [0.15, 0.2) is 0 Å². The van der Waals surface area contributed by atoms with E-state index in [-0.39, 0.29) is 11.7 Å². The SMILES string of the molecule is Cc1nc(C(=O)NCCCOC2CCCCC2)n[nH]1. The average Bonchev–Trinajstić information content (AvgIpc) is 2.86. The monoisotopic (exact) mass is 266 g/mol. The summed E-state index contributed by atoms with van der Waals surface area (Å²) in [5.74, 6) is 0.610. The molecule has 19 heavy (non-hydrogen) atoms. The van der Waals surface area contributed by atoms with Crippen LogP contribution in [0, 0.1) is 6.92 Å². The van der Waals surface area contributed by atoms with Gasteiger partial charge in [0.15, 0.2) is 0 Å². The average molecular weight is 266 g/mol. The van der Waals surface area contributed by atoms with Crippen molar-refractivity contribution >= 4 is 5.91 Å². The Morgan fingerprint density at radius 3 is 2.89 bits per heavy atom. The Morgan fingerprint density at radius 1 is 1.42 bits per heavy atom. The lowest BCUT2D eigenvalue weighted by molar-refractivity contribution is 0.0273. The molecule has 1 aliphatic rings. The number of ether oxygens (including phenoxy) is 1. The molecule has 0 aliphatic heterocycles. The first kappa shape index (κ1) is 14.0. The molecular weight excluding hydrogens is 244 g/mol. The minimum atomic E-state index is -0.234. The number of H-pyrrole nitrogens is 1. The van der Waals surface area contributed by atoms with Crippen LogP contribution in [0.3, 0.4) is 0 Å². The van der Waals surface area contributed by atoms with Gasteiger partial charge in [-0.25, -0.2) is 4.98 Å². The van der Waals surface area contributed by atoms with E-state index in [0.29, 0.717) is 25.1 Å². The Hall–Kier alpha value is -1.43. The molecule has 1 heterocycles. The summed E-state index contributed by atoms with van der Waals surface area (Å²) >= 11 is 0. The lowest BCUT2D eigenvalue weighted by Crippen LogP contribution is -2.27. The van der Waals surface area contributed by atoms with Gasteiger partial charge in [-0.15, -0.1) is 5.10 Å². The highest BCUT2D eigenvalue weighted by Crippen LogP contribution is 2.20. The third kappa shape index (κ3) is 4.63. The molecule has 1 fully saturated rings. The number of aryl methyl sites for hydroxylation is 1. The van der Waals surface area contributed by atoms with Crippen LogP contribution in [-0.2, 0) is 4.74 Å². The maximum absolute atomic E-state index is 11.6. The summed E-state index contributed by atoms with van der Waals surface area (Å²) in [7, 11) is 0. The number of rotatable bonds is 6. The van der Waals surface area contributed by atoms with E-state index in [1.165, 1.54) is 32.1 Å². The standard InChI is InChI=1S/C13H22N4O2/c1-10-15-12(17-16-10)13(18)14-8-5-9-19-11-6-3-2-4-7-11/h11H,2-9H2,1H3,(H,14,18)(H,15,16,17). The zero-order valence-corrected chi connectivity index (χ0v) is 11.4. The fraction of sp³-hybridized carbons (Fsp3) is 0.769. The van der Waals surface area contributed by atoms with Crippen molar-refractivity contribution in [3.63, 3.8) is 0 Å². The van der Waals surface area contributed by atoms with Gasteiger partial charge in [-0.3, -0.25) is 9.89 Å². The molecule has 106 valence electrons. The Morgan fingerprint density at radius 2 is 2.21 bits per heavy atom. The highest BCUT2D eigenvalue weighted by atomic mass is 16.5. The number of nitrogens with one attached hydrogen (secondary N) is 2. The third-order valence-electron chi connectivity index (χ3n) is 3.31. The molecule has 1 saturated carbocycles. The van der Waals surface area contributed by atoms with E-state index < -0.39 is 0 Å². The lowest BCUT2D eigenvalue weighted by Gasteiger charge is -2.21. The van der Waals surface area contributed by atoms with Gasteiger partial charge < -0.3 is 10.1 Å². The van der Waals surface area contributed by atoms with E-state index >= 15 is 0 Å². The fourth-order valence-corrected chi connectivity index (χ4v) is 2.28. The maximum atomic E-state index is 11.6. The molecule has 0 unspecified atom stereocenters.